The van der Waals surface area contributed by atoms with E-state index in [1.54, 1.807) is 91.0 Å². The molecule has 0 radical (unpaired) electrons. The molecule has 0 fully saturated rings. The van der Waals surface area contributed by atoms with Crippen LogP contribution < -0.4 is 5.43 Å². The zero-order chi connectivity index (χ0) is 23.3. The van der Waals surface area contributed by atoms with E-state index >= 15 is 0 Å². The second kappa shape index (κ2) is 9.29. The standard InChI is InChI=1S/C25H19N3O5/c29-24(25(30,18-9-3-1-4-10-18)19-11-5-2-6-12-19)27-26-17-20-15-16-23(33-20)21-13-7-8-14-22(21)28(31)32/h1-17,30H,(H,27,29)/b26-17-. The van der Waals surface area contributed by atoms with Crippen LogP contribution in [0.25, 0.3) is 11.3 Å². The lowest BCUT2D eigenvalue weighted by molar-refractivity contribution is -0.384. The quantitative estimate of drug-likeness (QED) is 0.253. The van der Waals surface area contributed by atoms with Gasteiger partial charge < -0.3 is 9.52 Å². The van der Waals surface area contributed by atoms with Crippen molar-refractivity contribution < 1.29 is 19.2 Å². The summed E-state index contributed by atoms with van der Waals surface area (Å²) in [5.74, 6) is -0.187. The summed E-state index contributed by atoms with van der Waals surface area (Å²) in [7, 11) is 0. The Morgan fingerprint density at radius 2 is 1.48 bits per heavy atom. The fourth-order valence-electron chi connectivity index (χ4n) is 3.43. The first-order valence-electron chi connectivity index (χ1n) is 10.0. The van der Waals surface area contributed by atoms with Gasteiger partial charge in [-0.1, -0.05) is 72.8 Å². The van der Waals surface area contributed by atoms with Gasteiger partial charge in [-0.25, -0.2) is 5.43 Å². The molecule has 1 amide bonds. The van der Waals surface area contributed by atoms with E-state index in [1.165, 1.54) is 12.3 Å². The second-order valence-electron chi connectivity index (χ2n) is 7.12. The highest BCUT2D eigenvalue weighted by Crippen LogP contribution is 2.31. The number of para-hydroxylation sites is 1. The summed E-state index contributed by atoms with van der Waals surface area (Å²) in [5.41, 5.74) is 1.42. The van der Waals surface area contributed by atoms with Gasteiger partial charge in [0, 0.05) is 6.07 Å². The van der Waals surface area contributed by atoms with Crippen LogP contribution in [0.15, 0.2) is 107 Å². The number of amides is 1. The highest BCUT2D eigenvalue weighted by Gasteiger charge is 2.39. The molecule has 164 valence electrons. The Labute approximate surface area is 189 Å². The van der Waals surface area contributed by atoms with Crippen molar-refractivity contribution in [1.29, 1.82) is 0 Å². The molecule has 0 spiro atoms. The lowest BCUT2D eigenvalue weighted by Crippen LogP contribution is -2.43. The monoisotopic (exact) mass is 441 g/mol. The number of hydrogen-bond donors (Lipinski definition) is 2. The molecule has 0 saturated heterocycles. The van der Waals surface area contributed by atoms with Gasteiger partial charge in [0.05, 0.1) is 16.7 Å². The average Bonchev–Trinajstić information content (AvgIpc) is 3.33. The Kier molecular flexibility index (Phi) is 6.10. The second-order valence-corrected chi connectivity index (χ2v) is 7.12. The first kappa shape index (κ1) is 21.7. The largest absolute Gasteiger partial charge is 0.455 e. The molecule has 1 aromatic heterocycles. The van der Waals surface area contributed by atoms with E-state index in [2.05, 4.69) is 10.5 Å². The van der Waals surface area contributed by atoms with E-state index in [9.17, 15) is 20.0 Å². The van der Waals surface area contributed by atoms with Crippen LogP contribution in [0, 0.1) is 10.1 Å². The smallest absolute Gasteiger partial charge is 0.281 e. The Balaban J connectivity index is 1.56. The van der Waals surface area contributed by atoms with Crippen LogP contribution in [0.1, 0.15) is 16.9 Å². The first-order valence-corrected chi connectivity index (χ1v) is 10.0. The maximum atomic E-state index is 13.0. The minimum atomic E-state index is -1.96. The van der Waals surface area contributed by atoms with Crippen LogP contribution in [0.3, 0.4) is 0 Å². The molecule has 2 N–H and O–H groups in total. The van der Waals surface area contributed by atoms with Gasteiger partial charge in [0.15, 0.2) is 5.60 Å². The van der Waals surface area contributed by atoms with E-state index < -0.39 is 16.4 Å². The normalized spacial score (nSPS) is 11.4. The van der Waals surface area contributed by atoms with Gasteiger partial charge in [0.1, 0.15) is 11.5 Å². The predicted octanol–water partition coefficient (Wildman–Crippen LogP) is 4.24. The van der Waals surface area contributed by atoms with Crippen LogP contribution >= 0.6 is 0 Å². The Bertz CT molecular complexity index is 1260. The Hall–Kier alpha value is -4.56. The molecule has 0 saturated carbocycles. The molecule has 0 atom stereocenters. The third-order valence-corrected chi connectivity index (χ3v) is 5.06. The zero-order valence-corrected chi connectivity index (χ0v) is 17.3. The first-order chi connectivity index (χ1) is 16.0. The Morgan fingerprint density at radius 3 is 2.09 bits per heavy atom. The number of aliphatic hydroxyl groups is 1. The number of nitro benzene ring substituents is 1. The van der Waals surface area contributed by atoms with Crippen molar-refractivity contribution in [3.8, 4) is 11.3 Å². The summed E-state index contributed by atoms with van der Waals surface area (Å²) < 4.78 is 5.63. The minimum absolute atomic E-state index is 0.0839. The summed E-state index contributed by atoms with van der Waals surface area (Å²) in [5, 5.41) is 26.5. The number of nitro groups is 1. The number of hydrogen-bond acceptors (Lipinski definition) is 6. The van der Waals surface area contributed by atoms with E-state index in [-0.39, 0.29) is 11.4 Å². The molecule has 4 aromatic rings. The van der Waals surface area contributed by atoms with Gasteiger partial charge in [-0.2, -0.15) is 5.10 Å². The molecule has 33 heavy (non-hydrogen) atoms. The number of hydrazone groups is 1. The molecule has 4 rings (SSSR count). The van der Waals surface area contributed by atoms with Crippen LogP contribution in [0.4, 0.5) is 5.69 Å². The van der Waals surface area contributed by atoms with Crippen molar-refractivity contribution in [3.63, 3.8) is 0 Å². The Morgan fingerprint density at radius 1 is 0.909 bits per heavy atom. The van der Waals surface area contributed by atoms with Gasteiger partial charge in [-0.15, -0.1) is 0 Å². The van der Waals surface area contributed by atoms with Crippen molar-refractivity contribution in [1.82, 2.24) is 5.43 Å². The lowest BCUT2D eigenvalue weighted by atomic mass is 9.85. The van der Waals surface area contributed by atoms with Crippen molar-refractivity contribution in [3.05, 3.63) is 124 Å². The minimum Gasteiger partial charge on any atom is -0.455 e. The maximum absolute atomic E-state index is 13.0. The summed E-state index contributed by atoms with van der Waals surface area (Å²) in [6.45, 7) is 0. The molecule has 0 aliphatic carbocycles. The highest BCUT2D eigenvalue weighted by molar-refractivity contribution is 5.91. The van der Waals surface area contributed by atoms with Gasteiger partial charge in [-0.05, 0) is 29.3 Å². The van der Waals surface area contributed by atoms with Crippen LogP contribution in [0.5, 0.6) is 0 Å². The maximum Gasteiger partial charge on any atom is 0.281 e. The predicted molar refractivity (Wildman–Crippen MR) is 122 cm³/mol. The van der Waals surface area contributed by atoms with Crippen LogP contribution in [0.2, 0.25) is 0 Å². The number of benzene rings is 3. The number of carbonyl (C=O) groups is 1. The number of nitrogens with zero attached hydrogens (tertiary/aromatic N) is 2. The topological polar surface area (TPSA) is 118 Å². The summed E-state index contributed by atoms with van der Waals surface area (Å²) in [6.07, 6.45) is 1.26. The fraction of sp³-hybridized carbons (Fsp3) is 0.0400. The summed E-state index contributed by atoms with van der Waals surface area (Å²) in [6, 6.07) is 26.5. The molecule has 0 unspecified atom stereocenters. The van der Waals surface area contributed by atoms with E-state index in [0.29, 0.717) is 22.5 Å². The lowest BCUT2D eigenvalue weighted by Gasteiger charge is -2.26. The van der Waals surface area contributed by atoms with Crippen molar-refractivity contribution >= 4 is 17.8 Å². The molecule has 8 nitrogen and oxygen atoms in total. The molecule has 1 heterocycles. The van der Waals surface area contributed by atoms with E-state index in [1.807, 2.05) is 0 Å². The van der Waals surface area contributed by atoms with Gasteiger partial charge in [0.25, 0.3) is 11.6 Å². The molecule has 0 aliphatic heterocycles. The molecular formula is C25H19N3O5. The van der Waals surface area contributed by atoms with Gasteiger partial charge >= 0.3 is 0 Å². The van der Waals surface area contributed by atoms with Crippen LogP contribution in [-0.2, 0) is 10.4 Å². The van der Waals surface area contributed by atoms with Crippen molar-refractivity contribution in [2.75, 3.05) is 0 Å². The molecule has 0 bridgehead atoms. The van der Waals surface area contributed by atoms with Crippen molar-refractivity contribution in [2.45, 2.75) is 5.60 Å². The third-order valence-electron chi connectivity index (χ3n) is 5.06. The number of nitrogens with one attached hydrogen (secondary N) is 1. The molecule has 0 aliphatic rings. The molecular weight excluding hydrogens is 422 g/mol. The van der Waals surface area contributed by atoms with Crippen LogP contribution in [-0.4, -0.2) is 22.2 Å². The summed E-state index contributed by atoms with van der Waals surface area (Å²) in [4.78, 5) is 23.8. The fourth-order valence-corrected chi connectivity index (χ4v) is 3.43. The number of furan rings is 1. The summed E-state index contributed by atoms with van der Waals surface area (Å²) >= 11 is 0. The van der Waals surface area contributed by atoms with E-state index in [4.69, 9.17) is 4.42 Å². The SMILES string of the molecule is O=C(N/N=C\c1ccc(-c2ccccc2[N+](=O)[O-])o1)C(O)(c1ccccc1)c1ccccc1. The molecule has 8 heteroatoms. The van der Waals surface area contributed by atoms with Crippen molar-refractivity contribution in [2.24, 2.45) is 5.10 Å². The number of rotatable bonds is 7. The number of carbonyl (C=O) groups excluding carboxylic acids is 1. The van der Waals surface area contributed by atoms with Gasteiger partial charge in [0.2, 0.25) is 0 Å². The highest BCUT2D eigenvalue weighted by atomic mass is 16.6. The zero-order valence-electron chi connectivity index (χ0n) is 17.3. The third kappa shape index (κ3) is 4.41. The van der Waals surface area contributed by atoms with Gasteiger partial charge in [-0.3, -0.25) is 14.9 Å². The van der Waals surface area contributed by atoms with E-state index in [0.717, 1.165) is 0 Å². The molecule has 3 aromatic carbocycles. The average molecular weight is 441 g/mol.